The highest BCUT2D eigenvalue weighted by Crippen LogP contribution is 2.03. The molecule has 6 heteroatoms. The molecule has 5 nitrogen and oxygen atoms in total. The number of hydrogen-bond donors (Lipinski definition) is 1. The predicted octanol–water partition coefficient (Wildman–Crippen LogP) is 1.14. The van der Waals surface area contributed by atoms with Gasteiger partial charge in [-0.05, 0) is 18.6 Å². The quantitative estimate of drug-likeness (QED) is 0.814. The van der Waals surface area contributed by atoms with E-state index in [2.05, 4.69) is 9.46 Å². The van der Waals surface area contributed by atoms with E-state index in [1.54, 1.807) is 24.3 Å². The highest BCUT2D eigenvalue weighted by molar-refractivity contribution is 7.92. The van der Waals surface area contributed by atoms with Gasteiger partial charge in [0.25, 0.3) is 0 Å². The molecule has 1 rings (SSSR count). The van der Waals surface area contributed by atoms with Gasteiger partial charge in [-0.15, -0.1) is 0 Å². The van der Waals surface area contributed by atoms with E-state index in [-0.39, 0.29) is 0 Å². The molecule has 1 atom stereocenters. The lowest BCUT2D eigenvalue weighted by Crippen LogP contribution is -2.38. The van der Waals surface area contributed by atoms with E-state index >= 15 is 0 Å². The second-order valence-electron chi connectivity index (χ2n) is 3.62. The number of carbonyl (C=O) groups is 1. The Morgan fingerprint density at radius 2 is 1.94 bits per heavy atom. The average Bonchev–Trinajstić information content (AvgIpc) is 2.36. The van der Waals surface area contributed by atoms with Crippen LogP contribution in [-0.4, -0.2) is 27.5 Å². The first-order valence-electron chi connectivity index (χ1n) is 5.28. The standard InChI is InChI=1S/C12H15NO4S/c1-10(12(14)17-2)13-18(15,16)9-8-11-6-4-3-5-7-11/h3-10,13H,1-2H3. The summed E-state index contributed by atoms with van der Waals surface area (Å²) in [6.45, 7) is 1.42. The van der Waals surface area contributed by atoms with Gasteiger partial charge in [-0.25, -0.2) is 8.42 Å². The van der Waals surface area contributed by atoms with Crippen LogP contribution in [0.5, 0.6) is 0 Å². The van der Waals surface area contributed by atoms with Crippen molar-refractivity contribution in [3.05, 3.63) is 41.3 Å². The third-order valence-corrected chi connectivity index (χ3v) is 3.31. The lowest BCUT2D eigenvalue weighted by molar-refractivity contribution is -0.142. The summed E-state index contributed by atoms with van der Waals surface area (Å²) in [5, 5.41) is 1.02. The summed E-state index contributed by atoms with van der Waals surface area (Å²) in [7, 11) is -2.46. The fourth-order valence-corrected chi connectivity index (χ4v) is 2.25. The molecule has 0 saturated carbocycles. The van der Waals surface area contributed by atoms with Crippen molar-refractivity contribution >= 4 is 22.1 Å². The Balaban J connectivity index is 2.71. The van der Waals surface area contributed by atoms with Gasteiger partial charge in [0.05, 0.1) is 7.11 Å². The number of nitrogens with one attached hydrogen (secondary N) is 1. The Kier molecular flexibility index (Phi) is 5.06. The van der Waals surface area contributed by atoms with Crippen molar-refractivity contribution in [1.82, 2.24) is 4.72 Å². The van der Waals surface area contributed by atoms with Crippen LogP contribution in [0.25, 0.3) is 6.08 Å². The molecule has 0 aliphatic carbocycles. The second kappa shape index (κ2) is 6.32. The molecule has 0 aliphatic heterocycles. The Labute approximate surface area is 107 Å². The number of rotatable bonds is 5. The van der Waals surface area contributed by atoms with Crippen LogP contribution in [0.15, 0.2) is 35.7 Å². The predicted molar refractivity (Wildman–Crippen MR) is 69.0 cm³/mol. The van der Waals surface area contributed by atoms with E-state index in [1.807, 2.05) is 6.07 Å². The fraction of sp³-hybridized carbons (Fsp3) is 0.250. The van der Waals surface area contributed by atoms with Crippen LogP contribution in [0.4, 0.5) is 0 Å². The van der Waals surface area contributed by atoms with Crippen LogP contribution in [0.3, 0.4) is 0 Å². The number of hydrogen-bond acceptors (Lipinski definition) is 4. The first-order valence-corrected chi connectivity index (χ1v) is 6.82. The van der Waals surface area contributed by atoms with Crippen molar-refractivity contribution in [3.8, 4) is 0 Å². The third kappa shape index (κ3) is 4.68. The van der Waals surface area contributed by atoms with Crippen molar-refractivity contribution in [2.24, 2.45) is 0 Å². The van der Waals surface area contributed by atoms with Gasteiger partial charge in [0.1, 0.15) is 6.04 Å². The van der Waals surface area contributed by atoms with E-state index in [0.29, 0.717) is 0 Å². The highest BCUT2D eigenvalue weighted by atomic mass is 32.2. The van der Waals surface area contributed by atoms with Crippen LogP contribution >= 0.6 is 0 Å². The molecule has 0 aromatic heterocycles. The number of ether oxygens (including phenoxy) is 1. The summed E-state index contributed by atoms with van der Waals surface area (Å²) in [5.41, 5.74) is 0.758. The van der Waals surface area contributed by atoms with Crippen molar-refractivity contribution in [3.63, 3.8) is 0 Å². The maximum absolute atomic E-state index is 11.6. The molecular weight excluding hydrogens is 254 g/mol. The number of methoxy groups -OCH3 is 1. The van der Waals surface area contributed by atoms with E-state index in [0.717, 1.165) is 11.0 Å². The molecule has 0 heterocycles. The molecular formula is C12H15NO4S. The summed E-state index contributed by atoms with van der Waals surface area (Å²) in [4.78, 5) is 11.1. The Bertz CT molecular complexity index is 522. The van der Waals surface area contributed by atoms with Gasteiger partial charge in [-0.2, -0.15) is 4.72 Å². The van der Waals surface area contributed by atoms with E-state index in [9.17, 15) is 13.2 Å². The lowest BCUT2D eigenvalue weighted by atomic mass is 10.2. The number of benzene rings is 1. The monoisotopic (exact) mass is 269 g/mol. The molecule has 1 aromatic rings. The maximum atomic E-state index is 11.6. The molecule has 98 valence electrons. The molecule has 0 radical (unpaired) electrons. The molecule has 0 spiro atoms. The molecule has 1 aromatic carbocycles. The van der Waals surface area contributed by atoms with Gasteiger partial charge < -0.3 is 4.74 Å². The minimum absolute atomic E-state index is 0.633. The molecule has 0 aliphatic rings. The summed E-state index contributed by atoms with van der Waals surface area (Å²) in [5.74, 6) is -0.633. The molecule has 0 saturated heterocycles. The summed E-state index contributed by atoms with van der Waals surface area (Å²) < 4.78 is 29.9. The molecule has 0 bridgehead atoms. The Morgan fingerprint density at radius 1 is 1.33 bits per heavy atom. The molecule has 1 unspecified atom stereocenters. The normalized spacial score (nSPS) is 13.4. The first kappa shape index (κ1) is 14.4. The van der Waals surface area contributed by atoms with E-state index < -0.39 is 22.0 Å². The third-order valence-electron chi connectivity index (χ3n) is 2.13. The van der Waals surface area contributed by atoms with E-state index in [1.165, 1.54) is 20.1 Å². The zero-order valence-corrected chi connectivity index (χ0v) is 11.0. The fourth-order valence-electron chi connectivity index (χ4n) is 1.24. The van der Waals surface area contributed by atoms with Crippen molar-refractivity contribution in [2.75, 3.05) is 7.11 Å². The molecule has 0 amide bonds. The molecule has 0 fully saturated rings. The Hall–Kier alpha value is -1.66. The van der Waals surface area contributed by atoms with Gasteiger partial charge in [-0.1, -0.05) is 30.3 Å². The first-order chi connectivity index (χ1) is 8.44. The van der Waals surface area contributed by atoms with E-state index in [4.69, 9.17) is 0 Å². The van der Waals surface area contributed by atoms with Crippen LogP contribution in [0.1, 0.15) is 12.5 Å². The average molecular weight is 269 g/mol. The summed E-state index contributed by atoms with van der Waals surface area (Å²) in [6, 6.07) is 8.07. The largest absolute Gasteiger partial charge is 0.468 e. The van der Waals surface area contributed by atoms with Gasteiger partial charge in [0.2, 0.25) is 10.0 Å². The van der Waals surface area contributed by atoms with Crippen molar-refractivity contribution in [1.29, 1.82) is 0 Å². The second-order valence-corrected chi connectivity index (χ2v) is 5.22. The Morgan fingerprint density at radius 3 is 2.50 bits per heavy atom. The van der Waals surface area contributed by atoms with Crippen molar-refractivity contribution < 1.29 is 17.9 Å². The summed E-state index contributed by atoms with van der Waals surface area (Å²) >= 11 is 0. The smallest absolute Gasteiger partial charge is 0.323 e. The number of carbonyl (C=O) groups excluding carboxylic acids is 1. The van der Waals surface area contributed by atoms with Crippen LogP contribution < -0.4 is 4.72 Å². The van der Waals surface area contributed by atoms with Gasteiger partial charge in [0.15, 0.2) is 0 Å². The van der Waals surface area contributed by atoms with Gasteiger partial charge >= 0.3 is 5.97 Å². The highest BCUT2D eigenvalue weighted by Gasteiger charge is 2.18. The topological polar surface area (TPSA) is 72.5 Å². The minimum atomic E-state index is -3.67. The van der Waals surface area contributed by atoms with Crippen LogP contribution in [0, 0.1) is 0 Å². The van der Waals surface area contributed by atoms with Gasteiger partial charge in [0, 0.05) is 5.41 Å². The molecule has 18 heavy (non-hydrogen) atoms. The zero-order chi connectivity index (χ0) is 13.6. The zero-order valence-electron chi connectivity index (χ0n) is 10.2. The maximum Gasteiger partial charge on any atom is 0.323 e. The lowest BCUT2D eigenvalue weighted by Gasteiger charge is -2.09. The SMILES string of the molecule is COC(=O)C(C)NS(=O)(=O)C=Cc1ccccc1. The van der Waals surface area contributed by atoms with Crippen LogP contribution in [-0.2, 0) is 19.6 Å². The minimum Gasteiger partial charge on any atom is -0.468 e. The van der Waals surface area contributed by atoms with Gasteiger partial charge in [-0.3, -0.25) is 4.79 Å². The molecule has 1 N–H and O–H groups in total. The number of esters is 1. The number of sulfonamides is 1. The van der Waals surface area contributed by atoms with Crippen molar-refractivity contribution in [2.45, 2.75) is 13.0 Å². The summed E-state index contributed by atoms with van der Waals surface area (Å²) in [6.07, 6.45) is 1.45. The van der Waals surface area contributed by atoms with Crippen LogP contribution in [0.2, 0.25) is 0 Å².